The molecule has 0 amide bonds. The van der Waals surface area contributed by atoms with E-state index in [-0.39, 0.29) is 0 Å². The molecule has 0 saturated heterocycles. The van der Waals surface area contributed by atoms with Crippen LogP contribution in [0.3, 0.4) is 0 Å². The van der Waals surface area contributed by atoms with Crippen molar-refractivity contribution in [2.75, 3.05) is 5.32 Å². The van der Waals surface area contributed by atoms with E-state index in [2.05, 4.69) is 37.8 Å². The van der Waals surface area contributed by atoms with Gasteiger partial charge in [-0.25, -0.2) is 0 Å². The third-order valence-corrected chi connectivity index (χ3v) is 4.33. The van der Waals surface area contributed by atoms with Gasteiger partial charge in [0.25, 0.3) is 0 Å². The van der Waals surface area contributed by atoms with Crippen LogP contribution in [0.5, 0.6) is 0 Å². The van der Waals surface area contributed by atoms with Gasteiger partial charge in [0.15, 0.2) is 10.8 Å². The summed E-state index contributed by atoms with van der Waals surface area (Å²) in [5.74, 6) is 0.750. The quantitative estimate of drug-likeness (QED) is 0.606. The van der Waals surface area contributed by atoms with E-state index in [9.17, 15) is 0 Å². The van der Waals surface area contributed by atoms with Gasteiger partial charge in [0.2, 0.25) is 5.13 Å². The Balaban J connectivity index is 1.45. The topological polar surface area (TPSA) is 73.5 Å². The van der Waals surface area contributed by atoms with Gasteiger partial charge in [0.05, 0.1) is 18.3 Å². The molecule has 0 aliphatic carbocycles. The first-order chi connectivity index (χ1) is 11.8. The molecule has 1 aromatic carbocycles. The molecule has 0 unspecified atom stereocenters. The van der Waals surface area contributed by atoms with Crippen molar-refractivity contribution in [3.8, 4) is 10.6 Å². The number of rotatable bonds is 5. The van der Waals surface area contributed by atoms with E-state index in [1.807, 2.05) is 48.4 Å². The van der Waals surface area contributed by atoms with Crippen LogP contribution in [0.2, 0.25) is 0 Å². The SMILES string of the molecule is Cn1cc(-c2nnc(Nc3ccn(Cc4ccccc4)n3)s2)cn1. The lowest BCUT2D eigenvalue weighted by molar-refractivity contribution is 0.689. The number of aromatic nitrogens is 6. The second-order valence-electron chi connectivity index (χ2n) is 5.32. The summed E-state index contributed by atoms with van der Waals surface area (Å²) in [7, 11) is 1.88. The molecule has 4 rings (SSSR count). The average molecular weight is 337 g/mol. The van der Waals surface area contributed by atoms with Crippen LogP contribution in [0.25, 0.3) is 10.6 Å². The van der Waals surface area contributed by atoms with Gasteiger partial charge in [-0.05, 0) is 5.56 Å². The fraction of sp³-hybridized carbons (Fsp3) is 0.125. The molecule has 24 heavy (non-hydrogen) atoms. The summed E-state index contributed by atoms with van der Waals surface area (Å²) >= 11 is 1.47. The van der Waals surface area contributed by atoms with Gasteiger partial charge in [-0.1, -0.05) is 41.7 Å². The lowest BCUT2D eigenvalue weighted by Crippen LogP contribution is -2.01. The number of nitrogens with one attached hydrogen (secondary N) is 1. The fourth-order valence-electron chi connectivity index (χ4n) is 2.32. The zero-order chi connectivity index (χ0) is 16.4. The number of aryl methyl sites for hydroxylation is 1. The van der Waals surface area contributed by atoms with Crippen LogP contribution < -0.4 is 5.32 Å². The molecule has 4 aromatic rings. The Hall–Kier alpha value is -3.00. The highest BCUT2D eigenvalue weighted by Gasteiger charge is 2.09. The summed E-state index contributed by atoms with van der Waals surface area (Å²) in [4.78, 5) is 0. The molecule has 0 saturated carbocycles. The summed E-state index contributed by atoms with van der Waals surface area (Å²) in [5, 5.41) is 21.7. The van der Waals surface area contributed by atoms with Crippen molar-refractivity contribution < 1.29 is 0 Å². The maximum Gasteiger partial charge on any atom is 0.211 e. The van der Waals surface area contributed by atoms with Gasteiger partial charge in [-0.15, -0.1) is 10.2 Å². The molecule has 0 aliphatic heterocycles. The van der Waals surface area contributed by atoms with Crippen molar-refractivity contribution in [1.82, 2.24) is 29.8 Å². The van der Waals surface area contributed by atoms with E-state index in [1.54, 1.807) is 10.9 Å². The molecule has 0 fully saturated rings. The van der Waals surface area contributed by atoms with Gasteiger partial charge in [-0.2, -0.15) is 10.2 Å². The van der Waals surface area contributed by atoms with E-state index in [0.29, 0.717) is 5.13 Å². The maximum atomic E-state index is 4.51. The van der Waals surface area contributed by atoms with Gasteiger partial charge in [0.1, 0.15) is 0 Å². The molecule has 3 aromatic heterocycles. The molecule has 0 atom stereocenters. The molecule has 7 nitrogen and oxygen atoms in total. The molecule has 8 heteroatoms. The Labute approximate surface area is 142 Å². The smallest absolute Gasteiger partial charge is 0.211 e. The van der Waals surface area contributed by atoms with Crippen LogP contribution in [-0.4, -0.2) is 29.8 Å². The van der Waals surface area contributed by atoms with Crippen molar-refractivity contribution in [1.29, 1.82) is 0 Å². The summed E-state index contributed by atoms with van der Waals surface area (Å²) in [6.07, 6.45) is 5.64. The number of anilines is 2. The minimum atomic E-state index is 0.707. The monoisotopic (exact) mass is 337 g/mol. The van der Waals surface area contributed by atoms with Crippen LogP contribution in [-0.2, 0) is 13.6 Å². The van der Waals surface area contributed by atoms with Gasteiger partial charge in [-0.3, -0.25) is 9.36 Å². The van der Waals surface area contributed by atoms with E-state index < -0.39 is 0 Å². The van der Waals surface area contributed by atoms with Crippen LogP contribution in [0, 0.1) is 0 Å². The summed E-state index contributed by atoms with van der Waals surface area (Å²) < 4.78 is 3.63. The Morgan fingerprint density at radius 1 is 1.12 bits per heavy atom. The van der Waals surface area contributed by atoms with Crippen LogP contribution >= 0.6 is 11.3 Å². The van der Waals surface area contributed by atoms with E-state index in [4.69, 9.17) is 0 Å². The summed E-state index contributed by atoms with van der Waals surface area (Å²) in [6.45, 7) is 0.736. The number of hydrogen-bond donors (Lipinski definition) is 1. The number of benzene rings is 1. The van der Waals surface area contributed by atoms with Crippen molar-refractivity contribution in [3.05, 3.63) is 60.6 Å². The van der Waals surface area contributed by atoms with E-state index in [1.165, 1.54) is 16.9 Å². The molecule has 0 bridgehead atoms. The first-order valence-corrected chi connectivity index (χ1v) is 8.25. The second-order valence-corrected chi connectivity index (χ2v) is 6.30. The second kappa shape index (κ2) is 6.25. The third-order valence-electron chi connectivity index (χ3n) is 3.44. The molecule has 0 radical (unpaired) electrons. The first-order valence-electron chi connectivity index (χ1n) is 7.43. The normalized spacial score (nSPS) is 10.9. The molecule has 120 valence electrons. The predicted octanol–water partition coefficient (Wildman–Crippen LogP) is 2.93. The molecule has 3 heterocycles. The predicted molar refractivity (Wildman–Crippen MR) is 93.2 cm³/mol. The van der Waals surface area contributed by atoms with Crippen molar-refractivity contribution >= 4 is 22.3 Å². The highest BCUT2D eigenvalue weighted by atomic mass is 32.1. The van der Waals surface area contributed by atoms with Crippen molar-refractivity contribution in [3.63, 3.8) is 0 Å². The lowest BCUT2D eigenvalue weighted by Gasteiger charge is -2.01. The van der Waals surface area contributed by atoms with Crippen molar-refractivity contribution in [2.45, 2.75) is 6.54 Å². The van der Waals surface area contributed by atoms with E-state index in [0.717, 1.165) is 22.9 Å². The zero-order valence-electron chi connectivity index (χ0n) is 13.0. The number of hydrogen-bond acceptors (Lipinski definition) is 6. The van der Waals surface area contributed by atoms with Crippen molar-refractivity contribution in [2.24, 2.45) is 7.05 Å². The minimum absolute atomic E-state index is 0.707. The Bertz CT molecular complexity index is 938. The van der Waals surface area contributed by atoms with E-state index >= 15 is 0 Å². The molecular weight excluding hydrogens is 322 g/mol. The summed E-state index contributed by atoms with van der Waals surface area (Å²) in [6, 6.07) is 12.2. The number of nitrogens with zero attached hydrogens (tertiary/aromatic N) is 6. The minimum Gasteiger partial charge on any atom is -0.313 e. The standard InChI is InChI=1S/C16H15N7S/c1-22-11-13(9-17-22)15-19-20-16(24-15)18-14-7-8-23(21-14)10-12-5-3-2-4-6-12/h2-9,11H,10H2,1H3,(H,18,20,21). The average Bonchev–Trinajstić information content (AvgIpc) is 3.31. The molecule has 0 aliphatic rings. The molecule has 1 N–H and O–H groups in total. The third kappa shape index (κ3) is 3.18. The van der Waals surface area contributed by atoms with Gasteiger partial charge < -0.3 is 5.32 Å². The maximum absolute atomic E-state index is 4.51. The Morgan fingerprint density at radius 2 is 2.00 bits per heavy atom. The first kappa shape index (κ1) is 14.6. The Morgan fingerprint density at radius 3 is 2.79 bits per heavy atom. The van der Waals surface area contributed by atoms with Gasteiger partial charge in [0, 0.05) is 25.5 Å². The highest BCUT2D eigenvalue weighted by molar-refractivity contribution is 7.18. The highest BCUT2D eigenvalue weighted by Crippen LogP contribution is 2.27. The van der Waals surface area contributed by atoms with Crippen LogP contribution in [0.1, 0.15) is 5.56 Å². The van der Waals surface area contributed by atoms with Crippen LogP contribution in [0.4, 0.5) is 10.9 Å². The summed E-state index contributed by atoms with van der Waals surface area (Å²) in [5.41, 5.74) is 2.17. The molecular formula is C16H15N7S. The zero-order valence-corrected chi connectivity index (χ0v) is 13.8. The molecule has 0 spiro atoms. The fourth-order valence-corrected chi connectivity index (χ4v) is 3.04. The van der Waals surface area contributed by atoms with Gasteiger partial charge >= 0.3 is 0 Å². The largest absolute Gasteiger partial charge is 0.313 e. The lowest BCUT2D eigenvalue weighted by atomic mass is 10.2. The Kier molecular flexibility index (Phi) is 3.80. The van der Waals surface area contributed by atoms with Crippen LogP contribution in [0.15, 0.2) is 55.0 Å².